The standard InChI is InChI=1S/C21H31N5O3/c1-3-26-18(14-22)17(15-24-26)10-13-29-12-7-11-21(2,28)19(25-20(23)27)16-8-5-4-6-9-16/h4-6,8-10,13,15,19,28H,3,7,11-12,14,22H2,1-2H3,(H3,23,25,27)/t19-,21-/m0/s1. The number of amides is 2. The van der Waals surface area contributed by atoms with Crippen LogP contribution in [0.4, 0.5) is 4.79 Å². The molecule has 2 amide bonds. The first-order valence-electron chi connectivity index (χ1n) is 9.75. The first-order valence-corrected chi connectivity index (χ1v) is 9.75. The zero-order valence-electron chi connectivity index (χ0n) is 17.0. The van der Waals surface area contributed by atoms with Crippen molar-refractivity contribution in [2.75, 3.05) is 6.61 Å². The molecule has 158 valence electrons. The van der Waals surface area contributed by atoms with E-state index in [9.17, 15) is 9.90 Å². The molecule has 29 heavy (non-hydrogen) atoms. The maximum absolute atomic E-state index is 11.4. The number of carbonyl (C=O) groups excluding carboxylic acids is 1. The van der Waals surface area contributed by atoms with Gasteiger partial charge in [0.1, 0.15) is 0 Å². The Morgan fingerprint density at radius 3 is 2.76 bits per heavy atom. The summed E-state index contributed by atoms with van der Waals surface area (Å²) in [4.78, 5) is 11.4. The minimum atomic E-state index is -1.18. The zero-order chi connectivity index (χ0) is 21.3. The number of aliphatic hydroxyl groups is 1. The summed E-state index contributed by atoms with van der Waals surface area (Å²) in [6.45, 7) is 5.29. The molecule has 0 aliphatic carbocycles. The molecule has 2 aromatic rings. The molecule has 0 radical (unpaired) electrons. The van der Waals surface area contributed by atoms with E-state index in [1.165, 1.54) is 0 Å². The van der Waals surface area contributed by atoms with Crippen LogP contribution in [0, 0.1) is 0 Å². The number of aryl methyl sites for hydroxylation is 1. The maximum atomic E-state index is 11.4. The van der Waals surface area contributed by atoms with E-state index in [1.807, 2.05) is 48.0 Å². The topological polar surface area (TPSA) is 128 Å². The number of urea groups is 1. The summed E-state index contributed by atoms with van der Waals surface area (Å²) in [5.41, 5.74) is 12.6. The average molecular weight is 402 g/mol. The van der Waals surface area contributed by atoms with E-state index in [0.717, 1.165) is 23.4 Å². The van der Waals surface area contributed by atoms with Crippen LogP contribution in [-0.2, 0) is 17.8 Å². The number of nitrogens with zero attached hydrogens (tertiary/aromatic N) is 2. The van der Waals surface area contributed by atoms with Gasteiger partial charge in [-0.2, -0.15) is 5.10 Å². The van der Waals surface area contributed by atoms with Gasteiger partial charge >= 0.3 is 6.03 Å². The van der Waals surface area contributed by atoms with E-state index in [-0.39, 0.29) is 0 Å². The van der Waals surface area contributed by atoms with E-state index in [1.54, 1.807) is 19.4 Å². The van der Waals surface area contributed by atoms with Crippen molar-refractivity contribution in [2.45, 2.75) is 51.4 Å². The molecule has 0 aliphatic heterocycles. The van der Waals surface area contributed by atoms with Crippen molar-refractivity contribution in [1.29, 1.82) is 0 Å². The highest BCUT2D eigenvalue weighted by atomic mass is 16.5. The third kappa shape index (κ3) is 6.33. The molecule has 0 spiro atoms. The largest absolute Gasteiger partial charge is 0.501 e. The van der Waals surface area contributed by atoms with Crippen LogP contribution in [0.5, 0.6) is 0 Å². The highest BCUT2D eigenvalue weighted by Gasteiger charge is 2.33. The lowest BCUT2D eigenvalue weighted by atomic mass is 9.86. The van der Waals surface area contributed by atoms with Crippen LogP contribution in [0.1, 0.15) is 49.6 Å². The highest BCUT2D eigenvalue weighted by Crippen LogP contribution is 2.29. The Morgan fingerprint density at radius 2 is 2.14 bits per heavy atom. The van der Waals surface area contributed by atoms with Crippen LogP contribution in [0.2, 0.25) is 0 Å². The second kappa shape index (κ2) is 10.6. The van der Waals surface area contributed by atoms with Crippen molar-refractivity contribution in [3.63, 3.8) is 0 Å². The van der Waals surface area contributed by atoms with Crippen molar-refractivity contribution < 1.29 is 14.6 Å². The normalized spacial score (nSPS) is 14.5. The maximum Gasteiger partial charge on any atom is 0.312 e. The molecule has 0 saturated heterocycles. The van der Waals surface area contributed by atoms with E-state index in [0.29, 0.717) is 26.0 Å². The second-order valence-corrected chi connectivity index (χ2v) is 7.05. The van der Waals surface area contributed by atoms with Crippen LogP contribution in [0.25, 0.3) is 6.08 Å². The lowest BCUT2D eigenvalue weighted by Crippen LogP contribution is -2.46. The fraction of sp³-hybridized carbons (Fsp3) is 0.429. The van der Waals surface area contributed by atoms with Gasteiger partial charge in [0.2, 0.25) is 0 Å². The minimum absolute atomic E-state index is 0.407. The monoisotopic (exact) mass is 401 g/mol. The summed E-state index contributed by atoms with van der Waals surface area (Å²) < 4.78 is 7.41. The Kier molecular flexibility index (Phi) is 8.23. The lowest BCUT2D eigenvalue weighted by Gasteiger charge is -2.33. The summed E-state index contributed by atoms with van der Waals surface area (Å²) in [5.74, 6) is 0. The number of nitrogens with two attached hydrogens (primary N) is 2. The molecule has 1 aromatic heterocycles. The van der Waals surface area contributed by atoms with Crippen molar-refractivity contribution in [3.05, 3.63) is 59.6 Å². The van der Waals surface area contributed by atoms with E-state index >= 15 is 0 Å². The third-order valence-corrected chi connectivity index (χ3v) is 4.80. The Balaban J connectivity index is 1.89. The summed E-state index contributed by atoms with van der Waals surface area (Å²) in [6, 6.07) is 7.99. The smallest absolute Gasteiger partial charge is 0.312 e. The van der Waals surface area contributed by atoms with Gasteiger partial charge in [0.05, 0.1) is 36.4 Å². The van der Waals surface area contributed by atoms with Crippen LogP contribution in [-0.4, -0.2) is 33.1 Å². The molecule has 0 bridgehead atoms. The molecule has 0 unspecified atom stereocenters. The molecular weight excluding hydrogens is 370 g/mol. The van der Waals surface area contributed by atoms with Gasteiger partial charge in [0.15, 0.2) is 0 Å². The molecule has 1 heterocycles. The fourth-order valence-electron chi connectivity index (χ4n) is 3.29. The number of aromatic nitrogens is 2. The van der Waals surface area contributed by atoms with Crippen molar-refractivity contribution in [2.24, 2.45) is 11.5 Å². The Hall–Kier alpha value is -2.84. The quantitative estimate of drug-likeness (QED) is 0.339. The number of ether oxygens (including phenoxy) is 1. The van der Waals surface area contributed by atoms with Gasteiger partial charge in [0.25, 0.3) is 0 Å². The predicted octanol–water partition coefficient (Wildman–Crippen LogP) is 2.29. The van der Waals surface area contributed by atoms with Gasteiger partial charge < -0.3 is 26.6 Å². The summed E-state index contributed by atoms with van der Waals surface area (Å²) >= 11 is 0. The molecule has 0 fully saturated rings. The molecule has 0 saturated carbocycles. The number of carbonyl (C=O) groups is 1. The number of nitrogens with one attached hydrogen (secondary N) is 1. The summed E-state index contributed by atoms with van der Waals surface area (Å²) in [7, 11) is 0. The predicted molar refractivity (Wildman–Crippen MR) is 113 cm³/mol. The number of primary amides is 1. The number of benzene rings is 1. The molecular formula is C21H31N5O3. The first-order chi connectivity index (χ1) is 13.9. The van der Waals surface area contributed by atoms with Gasteiger partial charge in [-0.3, -0.25) is 4.68 Å². The average Bonchev–Trinajstić information content (AvgIpc) is 3.11. The number of hydrogen-bond acceptors (Lipinski definition) is 5. The highest BCUT2D eigenvalue weighted by molar-refractivity contribution is 5.72. The van der Waals surface area contributed by atoms with E-state index < -0.39 is 17.7 Å². The Morgan fingerprint density at radius 1 is 1.41 bits per heavy atom. The van der Waals surface area contributed by atoms with Gasteiger partial charge in [-0.25, -0.2) is 4.79 Å². The van der Waals surface area contributed by atoms with Crippen LogP contribution < -0.4 is 16.8 Å². The fourth-order valence-corrected chi connectivity index (χ4v) is 3.29. The van der Waals surface area contributed by atoms with Crippen molar-refractivity contribution in [3.8, 4) is 0 Å². The molecule has 6 N–H and O–H groups in total. The Bertz CT molecular complexity index is 802. The van der Waals surface area contributed by atoms with Crippen LogP contribution >= 0.6 is 0 Å². The molecule has 0 aliphatic rings. The molecule has 8 heteroatoms. The van der Waals surface area contributed by atoms with Crippen molar-refractivity contribution in [1.82, 2.24) is 15.1 Å². The molecule has 2 atom stereocenters. The van der Waals surface area contributed by atoms with E-state index in [2.05, 4.69) is 10.4 Å². The van der Waals surface area contributed by atoms with Gasteiger partial charge in [-0.05, 0) is 38.3 Å². The van der Waals surface area contributed by atoms with Gasteiger partial charge in [-0.15, -0.1) is 0 Å². The zero-order valence-corrected chi connectivity index (χ0v) is 17.0. The molecule has 8 nitrogen and oxygen atoms in total. The lowest BCUT2D eigenvalue weighted by molar-refractivity contribution is 0.00824. The van der Waals surface area contributed by atoms with Gasteiger partial charge in [0, 0.05) is 18.7 Å². The first kappa shape index (κ1) is 22.4. The van der Waals surface area contributed by atoms with Crippen molar-refractivity contribution >= 4 is 12.1 Å². The van der Waals surface area contributed by atoms with Crippen LogP contribution in [0.3, 0.4) is 0 Å². The van der Waals surface area contributed by atoms with Crippen LogP contribution in [0.15, 0.2) is 42.8 Å². The molecule has 1 aromatic carbocycles. The Labute approximate surface area is 171 Å². The number of rotatable bonds is 11. The second-order valence-electron chi connectivity index (χ2n) is 7.05. The summed E-state index contributed by atoms with van der Waals surface area (Å²) in [5, 5.41) is 17.9. The SMILES string of the molecule is CCn1ncc(C=COCCC[C@](C)(O)[C@@H](NC(N)=O)c2ccccc2)c1CN. The number of hydrogen-bond donors (Lipinski definition) is 4. The minimum Gasteiger partial charge on any atom is -0.501 e. The van der Waals surface area contributed by atoms with Gasteiger partial charge in [-0.1, -0.05) is 30.3 Å². The molecule has 2 rings (SSSR count). The third-order valence-electron chi connectivity index (χ3n) is 4.80. The van der Waals surface area contributed by atoms with E-state index in [4.69, 9.17) is 16.2 Å². The summed E-state index contributed by atoms with van der Waals surface area (Å²) in [6.07, 6.45) is 6.22.